The Hall–Kier alpha value is -9.72. The van der Waals surface area contributed by atoms with Crippen LogP contribution < -0.4 is 38.4 Å². The standard InChI is InChI=1S/C26H31N7O3S.C21H23N7OS.C14H14N4O2S.C13H21N3O2S/c1-26(2,3)36-25(35)32-10-8-16(9-11-32)20-15-37-24(29-20)31-23-28-14-18-12-17(13-27)22(34)33(21(18)30-23)19-6-4-5-7-19;22-10-14-9-15-11-24-20(26-18(15)28(19(14)29)16-3-1-2-4-16)27-21-25-17(12-30-21)13-5-7-23-8-6-13;1-21(20)14-16-8-10-6-9(7-15)13(19)18(12(10)17-14)11-4-2-3-5-11;1-13(2,3)18-12(17)16-6-4-9(5-7-16)10-8-19-11(14)15-10/h12,14-16,19H,4-11H2,1-3H3,(H,28,29,30,31);9,11-13,16,23H,1-8H2,(H,24,25,26,27);6,8,11H,2-5H2,1H3;8-9H,4-7H2,1-3H3,(H2,14,15). The van der Waals surface area contributed by atoms with Gasteiger partial charge >= 0.3 is 12.2 Å². The van der Waals surface area contributed by atoms with Crippen LogP contribution in [-0.4, -0.2) is 141 Å². The summed E-state index contributed by atoms with van der Waals surface area (Å²) < 4.78 is 27.4. The fourth-order valence-corrected chi connectivity index (χ4v) is 17.2. The van der Waals surface area contributed by atoms with Gasteiger partial charge in [0.15, 0.2) is 15.4 Å². The number of piperidine rings is 3. The van der Waals surface area contributed by atoms with Gasteiger partial charge in [-0.2, -0.15) is 25.8 Å². The summed E-state index contributed by atoms with van der Waals surface area (Å²) in [5, 5.41) is 48.2. The molecule has 12 heterocycles. The maximum Gasteiger partial charge on any atom is 0.410 e. The van der Waals surface area contributed by atoms with Crippen LogP contribution in [-0.2, 0) is 20.3 Å². The Balaban J connectivity index is 0.000000138. The number of nitrogens with zero attached hydrogens (tertiary/aromatic N) is 17. The topological polar surface area (TPSA) is 392 Å². The van der Waals surface area contributed by atoms with E-state index in [0.717, 1.165) is 164 Å². The Bertz CT molecular complexity index is 5050. The average Bonchev–Trinajstić information content (AvgIpc) is 1.66. The largest absolute Gasteiger partial charge is 0.444 e. The molecule has 562 valence electrons. The monoisotopic (exact) mass is 1530 g/mol. The van der Waals surface area contributed by atoms with Crippen LogP contribution in [0.15, 0.2) is 72.5 Å². The third-order valence-electron chi connectivity index (χ3n) is 19.9. The zero-order valence-corrected chi connectivity index (χ0v) is 64.5. The molecule has 15 rings (SSSR count). The molecule has 6 fully saturated rings. The number of ether oxygens (including phenoxy) is 2. The molecule has 0 spiro atoms. The highest BCUT2D eigenvalue weighted by Gasteiger charge is 2.32. The van der Waals surface area contributed by atoms with E-state index >= 15 is 0 Å². The minimum absolute atomic E-state index is 0.0454. The Morgan fingerprint density at radius 2 is 0.860 bits per heavy atom. The number of aromatic nitrogens is 12. The van der Waals surface area contributed by atoms with E-state index in [0.29, 0.717) is 80.2 Å². The molecule has 5 N–H and O–H groups in total. The molecular formula is C74H89N21O8S4. The summed E-state index contributed by atoms with van der Waals surface area (Å²) in [5.74, 6) is 1.95. The van der Waals surface area contributed by atoms with Gasteiger partial charge < -0.3 is 30.3 Å². The number of carbonyl (C=O) groups is 2. The van der Waals surface area contributed by atoms with Gasteiger partial charge in [-0.3, -0.25) is 42.9 Å². The number of nitriles is 3. The fraction of sp³-hybridized carbons (Fsp3) is 0.527. The van der Waals surface area contributed by atoms with E-state index in [1.54, 1.807) is 59.4 Å². The van der Waals surface area contributed by atoms with Crippen LogP contribution in [0.5, 0.6) is 0 Å². The highest BCUT2D eigenvalue weighted by atomic mass is 32.2. The van der Waals surface area contributed by atoms with Crippen molar-refractivity contribution in [3.63, 3.8) is 0 Å². The first-order valence-electron chi connectivity index (χ1n) is 36.5. The third-order valence-corrected chi connectivity index (χ3v) is 22.8. The second-order valence-corrected chi connectivity index (χ2v) is 33.6. The lowest BCUT2D eigenvalue weighted by atomic mass is 9.94. The molecule has 3 saturated carbocycles. The molecule has 2 amide bonds. The minimum atomic E-state index is -1.31. The number of nitrogens with two attached hydrogens (primary N) is 1. The number of hydrogen-bond donors (Lipinski definition) is 4. The second-order valence-electron chi connectivity index (χ2n) is 29.7. The fourth-order valence-electron chi connectivity index (χ4n) is 14.6. The van der Waals surface area contributed by atoms with Gasteiger partial charge in [-0.25, -0.2) is 44.5 Å². The lowest BCUT2D eigenvalue weighted by Crippen LogP contribution is -2.41. The van der Waals surface area contributed by atoms with Crippen LogP contribution in [0, 0.1) is 34.0 Å². The van der Waals surface area contributed by atoms with Crippen molar-refractivity contribution in [1.82, 2.24) is 73.7 Å². The Morgan fingerprint density at radius 1 is 0.514 bits per heavy atom. The number of hydrogen-bond acceptors (Lipinski definition) is 27. The van der Waals surface area contributed by atoms with Gasteiger partial charge in [-0.05, 0) is 150 Å². The van der Waals surface area contributed by atoms with Crippen LogP contribution >= 0.6 is 34.0 Å². The van der Waals surface area contributed by atoms with E-state index in [4.69, 9.17) is 30.4 Å². The summed E-state index contributed by atoms with van der Waals surface area (Å²) in [7, 11) is -1.31. The Labute approximate surface area is 633 Å². The molecule has 0 radical (unpaired) electrons. The van der Waals surface area contributed by atoms with Gasteiger partial charge in [0.2, 0.25) is 17.1 Å². The number of amides is 2. The molecule has 107 heavy (non-hydrogen) atoms. The summed E-state index contributed by atoms with van der Waals surface area (Å²) in [4.78, 5) is 107. The molecule has 9 aromatic heterocycles. The van der Waals surface area contributed by atoms with Gasteiger partial charge in [0.05, 0.1) is 27.9 Å². The summed E-state index contributed by atoms with van der Waals surface area (Å²) in [5.41, 5.74) is 8.98. The molecule has 1 unspecified atom stereocenters. The molecular weight excluding hydrogens is 1440 g/mol. The van der Waals surface area contributed by atoms with Crippen LogP contribution in [0.4, 0.5) is 36.9 Å². The number of pyridine rings is 3. The van der Waals surface area contributed by atoms with Crippen LogP contribution in [0.2, 0.25) is 0 Å². The number of carbonyl (C=O) groups excluding carboxylic acids is 2. The first-order valence-corrected chi connectivity index (χ1v) is 40.7. The molecule has 3 aliphatic heterocycles. The molecule has 33 heteroatoms. The van der Waals surface area contributed by atoms with E-state index in [2.05, 4.69) is 56.2 Å². The average molecular weight is 1530 g/mol. The van der Waals surface area contributed by atoms with Crippen molar-refractivity contribution in [2.24, 2.45) is 0 Å². The first-order chi connectivity index (χ1) is 51.4. The normalized spacial score (nSPS) is 17.4. The summed E-state index contributed by atoms with van der Waals surface area (Å²) in [6.45, 7) is 16.0. The van der Waals surface area contributed by atoms with Crippen LogP contribution in [0.25, 0.3) is 33.1 Å². The van der Waals surface area contributed by atoms with E-state index in [-0.39, 0.29) is 74.8 Å². The number of nitrogens with one attached hydrogen (secondary N) is 3. The van der Waals surface area contributed by atoms with Crippen LogP contribution in [0.3, 0.4) is 0 Å². The smallest absolute Gasteiger partial charge is 0.410 e. The molecule has 1 atom stereocenters. The third kappa shape index (κ3) is 18.8. The minimum Gasteiger partial charge on any atom is -0.444 e. The van der Waals surface area contributed by atoms with Crippen molar-refractivity contribution >= 4 is 117 Å². The Kier molecular flexibility index (Phi) is 24.5. The van der Waals surface area contributed by atoms with Crippen molar-refractivity contribution in [3.05, 3.63) is 118 Å². The van der Waals surface area contributed by atoms with Gasteiger partial charge in [-0.1, -0.05) is 38.5 Å². The predicted molar refractivity (Wildman–Crippen MR) is 412 cm³/mol. The molecule has 0 bridgehead atoms. The van der Waals surface area contributed by atoms with Crippen LogP contribution in [0.1, 0.15) is 227 Å². The summed E-state index contributed by atoms with van der Waals surface area (Å²) in [6, 6.07) is 10.8. The molecule has 6 aliphatic rings. The molecule has 3 saturated heterocycles. The number of nitrogen functional groups attached to an aromatic ring is 1. The van der Waals surface area contributed by atoms with Gasteiger partial charge in [-0.15, -0.1) is 34.0 Å². The summed E-state index contributed by atoms with van der Waals surface area (Å²) >= 11 is 4.50. The quantitative estimate of drug-likeness (QED) is 0.0874. The number of anilines is 5. The highest BCUT2D eigenvalue weighted by Crippen LogP contribution is 2.37. The van der Waals surface area contributed by atoms with Crippen molar-refractivity contribution < 1.29 is 23.3 Å². The van der Waals surface area contributed by atoms with Crippen molar-refractivity contribution in [3.8, 4) is 18.2 Å². The lowest BCUT2D eigenvalue weighted by molar-refractivity contribution is 0.0194. The Morgan fingerprint density at radius 3 is 1.21 bits per heavy atom. The SMILES string of the molecule is CC(C)(C)OC(=O)N1CCC(c2csc(N)n2)CC1.CC(C)(C)OC(=O)N1CCC(c2csc(Nc3ncc4cc(C#N)c(=O)n(C5CCCC5)c4n3)n2)CC1.CS(=O)c1ncc2cc(C#N)c(=O)n(C3CCCC3)c2n1.N#Cc1cc2cnc(Nc3nc(C4CCNCC4)cs3)nc2n(C2CCCC2)c1=O. The van der Waals surface area contributed by atoms with E-state index in [1.165, 1.54) is 41.2 Å². The highest BCUT2D eigenvalue weighted by molar-refractivity contribution is 7.84. The zero-order chi connectivity index (χ0) is 75.7. The maximum atomic E-state index is 13.0. The zero-order valence-electron chi connectivity index (χ0n) is 61.2. The van der Waals surface area contributed by atoms with E-state index in [9.17, 15) is 38.7 Å². The lowest BCUT2D eigenvalue weighted by Gasteiger charge is -2.32. The number of likely N-dealkylation sites (tertiary alicyclic amines) is 2. The number of thiazole rings is 3. The number of fused-ring (bicyclic) bond motifs is 3. The first kappa shape index (κ1) is 76.9. The number of rotatable bonds is 11. The second kappa shape index (κ2) is 34.0. The van der Waals surface area contributed by atoms with Gasteiger partial charge in [0.1, 0.15) is 63.0 Å². The molecule has 9 aromatic rings. The van der Waals surface area contributed by atoms with Gasteiger partial charge in [0, 0.05) is 119 Å². The van der Waals surface area contributed by atoms with E-state index in [1.807, 2.05) is 70.5 Å². The molecule has 29 nitrogen and oxygen atoms in total. The predicted octanol–water partition coefficient (Wildman–Crippen LogP) is 12.9. The summed E-state index contributed by atoms with van der Waals surface area (Å²) in [6.07, 6.45) is 23.5. The van der Waals surface area contributed by atoms with Crippen molar-refractivity contribution in [2.75, 3.05) is 61.9 Å². The van der Waals surface area contributed by atoms with E-state index < -0.39 is 22.0 Å². The van der Waals surface area contributed by atoms with Crippen molar-refractivity contribution in [2.45, 2.75) is 209 Å². The molecule has 3 aliphatic carbocycles. The van der Waals surface area contributed by atoms with Crippen molar-refractivity contribution in [1.29, 1.82) is 15.8 Å². The maximum absolute atomic E-state index is 13.0. The molecule has 0 aromatic carbocycles. The van der Waals surface area contributed by atoms with Gasteiger partial charge in [0.25, 0.3) is 16.7 Å².